The van der Waals surface area contributed by atoms with E-state index < -0.39 is 0 Å². The summed E-state index contributed by atoms with van der Waals surface area (Å²) in [5.41, 5.74) is 2.04. The van der Waals surface area contributed by atoms with Gasteiger partial charge in [0, 0.05) is 0 Å². The first-order valence-corrected chi connectivity index (χ1v) is 9.14. The number of carbonyl (C=O) groups excluding carboxylic acids is 1. The number of rotatable bonds is 5. The van der Waals surface area contributed by atoms with Crippen LogP contribution in [-0.2, 0) is 4.79 Å². The van der Waals surface area contributed by atoms with E-state index in [9.17, 15) is 9.59 Å². The van der Waals surface area contributed by atoms with Crippen LogP contribution in [0.4, 0.5) is 0 Å². The molecule has 0 saturated carbocycles. The average molecular weight is 368 g/mol. The molecule has 134 valence electrons. The van der Waals surface area contributed by atoms with Crippen molar-refractivity contribution >= 4 is 28.4 Å². The van der Waals surface area contributed by atoms with Crippen LogP contribution in [0.15, 0.2) is 52.4 Å². The van der Waals surface area contributed by atoms with Gasteiger partial charge in [0.05, 0.1) is 29.0 Å². The summed E-state index contributed by atoms with van der Waals surface area (Å²) in [5, 5.41) is 0.682. The van der Waals surface area contributed by atoms with Crippen molar-refractivity contribution < 1.29 is 9.53 Å². The lowest BCUT2D eigenvalue weighted by atomic mass is 10.2. The number of aromatic nitrogens is 2. The molecule has 0 spiro atoms. The minimum atomic E-state index is -0.315. The Morgan fingerprint density at radius 1 is 1.23 bits per heavy atom. The van der Waals surface area contributed by atoms with Gasteiger partial charge in [-0.25, -0.2) is 4.98 Å². The Kier molecular flexibility index (Phi) is 5.13. The predicted molar refractivity (Wildman–Crippen MR) is 105 cm³/mol. The highest BCUT2D eigenvalue weighted by molar-refractivity contribution is 8.00. The highest BCUT2D eigenvalue weighted by Crippen LogP contribution is 2.30. The van der Waals surface area contributed by atoms with Crippen LogP contribution in [0.1, 0.15) is 19.4 Å². The Morgan fingerprint density at radius 2 is 1.96 bits per heavy atom. The third-order valence-corrected chi connectivity index (χ3v) is 5.35. The van der Waals surface area contributed by atoms with Crippen molar-refractivity contribution in [1.82, 2.24) is 9.55 Å². The molecule has 0 N–H and O–H groups in total. The number of fused-ring (bicyclic) bond motifs is 1. The molecule has 0 aliphatic rings. The molecule has 0 bridgehead atoms. The maximum Gasteiger partial charge on any atom is 0.266 e. The molecule has 1 heterocycles. The smallest absolute Gasteiger partial charge is 0.266 e. The van der Waals surface area contributed by atoms with E-state index in [4.69, 9.17) is 4.74 Å². The van der Waals surface area contributed by atoms with E-state index in [1.54, 1.807) is 19.2 Å². The molecule has 0 saturated heterocycles. The molecule has 0 aliphatic carbocycles. The summed E-state index contributed by atoms with van der Waals surface area (Å²) in [7, 11) is 1.57. The van der Waals surface area contributed by atoms with Crippen LogP contribution in [0.2, 0.25) is 0 Å². The lowest BCUT2D eigenvalue weighted by Gasteiger charge is -2.17. The molecule has 0 fully saturated rings. The number of methoxy groups -OCH3 is 1. The van der Waals surface area contributed by atoms with E-state index in [0.717, 1.165) is 5.56 Å². The second kappa shape index (κ2) is 7.33. The Hall–Kier alpha value is -2.60. The van der Waals surface area contributed by atoms with Gasteiger partial charge in [-0.3, -0.25) is 14.2 Å². The van der Waals surface area contributed by atoms with Gasteiger partial charge in [-0.1, -0.05) is 30.0 Å². The van der Waals surface area contributed by atoms with Gasteiger partial charge in [-0.05, 0) is 50.6 Å². The number of para-hydroxylation sites is 1. The van der Waals surface area contributed by atoms with Crippen LogP contribution >= 0.6 is 11.8 Å². The van der Waals surface area contributed by atoms with Crippen molar-refractivity contribution in [3.63, 3.8) is 0 Å². The topological polar surface area (TPSA) is 61.2 Å². The van der Waals surface area contributed by atoms with Crippen LogP contribution in [0, 0.1) is 6.92 Å². The van der Waals surface area contributed by atoms with Gasteiger partial charge in [0.25, 0.3) is 5.56 Å². The van der Waals surface area contributed by atoms with Crippen LogP contribution in [0.25, 0.3) is 16.6 Å². The zero-order valence-corrected chi connectivity index (χ0v) is 16.0. The molecule has 1 atom stereocenters. The van der Waals surface area contributed by atoms with Crippen molar-refractivity contribution in [3.8, 4) is 11.4 Å². The lowest BCUT2D eigenvalue weighted by Crippen LogP contribution is -2.23. The molecule has 0 amide bonds. The second-order valence-corrected chi connectivity index (χ2v) is 7.41. The van der Waals surface area contributed by atoms with E-state index in [-0.39, 0.29) is 16.6 Å². The first-order valence-electron chi connectivity index (χ1n) is 8.26. The van der Waals surface area contributed by atoms with E-state index in [2.05, 4.69) is 4.98 Å². The largest absolute Gasteiger partial charge is 0.495 e. The van der Waals surface area contributed by atoms with Gasteiger partial charge in [0.2, 0.25) is 0 Å². The molecule has 2 aromatic carbocycles. The number of benzene rings is 2. The second-order valence-electron chi connectivity index (χ2n) is 6.10. The van der Waals surface area contributed by atoms with Crippen LogP contribution in [0.5, 0.6) is 5.75 Å². The molecule has 26 heavy (non-hydrogen) atoms. The summed E-state index contributed by atoms with van der Waals surface area (Å²) < 4.78 is 7.01. The van der Waals surface area contributed by atoms with E-state index in [1.807, 2.05) is 44.2 Å². The number of ketones is 1. The molecular formula is C20H20N2O3S. The minimum Gasteiger partial charge on any atom is -0.495 e. The van der Waals surface area contributed by atoms with Crippen molar-refractivity contribution in [2.75, 3.05) is 7.11 Å². The first-order chi connectivity index (χ1) is 12.4. The van der Waals surface area contributed by atoms with Gasteiger partial charge < -0.3 is 4.74 Å². The molecule has 5 nitrogen and oxygen atoms in total. The van der Waals surface area contributed by atoms with Gasteiger partial charge in [-0.2, -0.15) is 0 Å². The molecule has 3 aromatic rings. The van der Waals surface area contributed by atoms with Crippen molar-refractivity contribution in [2.45, 2.75) is 31.2 Å². The maximum atomic E-state index is 13.2. The highest BCUT2D eigenvalue weighted by atomic mass is 32.2. The van der Waals surface area contributed by atoms with Gasteiger partial charge >= 0.3 is 0 Å². The van der Waals surface area contributed by atoms with E-state index in [0.29, 0.717) is 27.5 Å². The average Bonchev–Trinajstić information content (AvgIpc) is 2.62. The maximum absolute atomic E-state index is 13.2. The number of aryl methyl sites for hydroxylation is 1. The molecule has 6 heteroatoms. The summed E-state index contributed by atoms with van der Waals surface area (Å²) >= 11 is 1.27. The van der Waals surface area contributed by atoms with Gasteiger partial charge in [-0.15, -0.1) is 0 Å². The van der Waals surface area contributed by atoms with Crippen molar-refractivity contribution in [3.05, 3.63) is 58.4 Å². The first kappa shape index (κ1) is 18.2. The Bertz CT molecular complexity index is 1040. The third-order valence-electron chi connectivity index (χ3n) is 4.17. The van der Waals surface area contributed by atoms with Gasteiger partial charge in [0.1, 0.15) is 11.5 Å². The lowest BCUT2D eigenvalue weighted by molar-refractivity contribution is -0.116. The summed E-state index contributed by atoms with van der Waals surface area (Å²) in [6, 6.07) is 12.9. The molecule has 1 unspecified atom stereocenters. The Morgan fingerprint density at radius 3 is 2.65 bits per heavy atom. The quantitative estimate of drug-likeness (QED) is 0.507. The van der Waals surface area contributed by atoms with E-state index in [1.165, 1.54) is 23.3 Å². The molecular weight excluding hydrogens is 348 g/mol. The zero-order valence-electron chi connectivity index (χ0n) is 15.1. The minimum absolute atomic E-state index is 0.0279. The third kappa shape index (κ3) is 3.37. The normalized spacial score (nSPS) is 12.2. The number of hydrogen-bond donors (Lipinski definition) is 0. The monoisotopic (exact) mass is 368 g/mol. The molecule has 0 aliphatic heterocycles. The fraction of sp³-hybridized carbons (Fsp3) is 0.250. The van der Waals surface area contributed by atoms with E-state index >= 15 is 0 Å². The fourth-order valence-electron chi connectivity index (χ4n) is 2.62. The zero-order chi connectivity index (χ0) is 18.8. The van der Waals surface area contributed by atoms with Crippen molar-refractivity contribution in [2.24, 2.45) is 0 Å². The van der Waals surface area contributed by atoms with Crippen LogP contribution in [0.3, 0.4) is 0 Å². The van der Waals surface area contributed by atoms with Crippen LogP contribution in [-0.4, -0.2) is 27.7 Å². The summed E-state index contributed by atoms with van der Waals surface area (Å²) in [4.78, 5) is 29.7. The summed E-state index contributed by atoms with van der Waals surface area (Å²) in [6.45, 7) is 5.30. The number of carbonyl (C=O) groups is 1. The molecule has 0 radical (unpaired) electrons. The van der Waals surface area contributed by atoms with Crippen molar-refractivity contribution in [1.29, 1.82) is 0 Å². The Balaban J connectivity index is 2.35. The number of hydrogen-bond acceptors (Lipinski definition) is 5. The summed E-state index contributed by atoms with van der Waals surface area (Å²) in [6.07, 6.45) is 0. The summed E-state index contributed by atoms with van der Waals surface area (Å²) in [5.74, 6) is 0.604. The molecule has 3 rings (SSSR count). The molecule has 1 aromatic heterocycles. The van der Waals surface area contributed by atoms with Crippen LogP contribution < -0.4 is 10.3 Å². The fourth-order valence-corrected chi connectivity index (χ4v) is 3.54. The number of Topliss-reactive ketones (excluding diaryl/α,β-unsaturated/α-hetero) is 1. The number of thioether (sulfide) groups is 1. The van der Waals surface area contributed by atoms with Gasteiger partial charge in [0.15, 0.2) is 5.16 Å². The standard InChI is InChI=1S/C20H20N2O3S/c1-12-9-10-18(25-4)17(11-12)22-19(24)15-7-5-6-8-16(15)21-20(22)26-14(3)13(2)23/h5-11,14H,1-4H3. The SMILES string of the molecule is COc1ccc(C)cc1-n1c(SC(C)C(C)=O)nc2ccccc2c1=O. The number of nitrogens with zero attached hydrogens (tertiary/aromatic N) is 2. The number of ether oxygens (including phenoxy) is 1. The predicted octanol–water partition coefficient (Wildman–Crippen LogP) is 3.77. The Labute approximate surface area is 156 Å². The highest BCUT2D eigenvalue weighted by Gasteiger charge is 2.20.